The van der Waals surface area contributed by atoms with Crippen molar-refractivity contribution in [1.82, 2.24) is 9.97 Å². The Morgan fingerprint density at radius 3 is 2.33 bits per heavy atom. The zero-order chi connectivity index (χ0) is 14.5. The fourth-order valence-electron chi connectivity index (χ4n) is 2.08. The van der Waals surface area contributed by atoms with Crippen LogP contribution in [0.25, 0.3) is 0 Å². The van der Waals surface area contributed by atoms with Crippen molar-refractivity contribution in [3.8, 4) is 0 Å². The van der Waals surface area contributed by atoms with Gasteiger partial charge in [0.2, 0.25) is 0 Å². The molecule has 1 N–H and O–H groups in total. The van der Waals surface area contributed by atoms with Gasteiger partial charge in [-0.3, -0.25) is 0 Å². The first-order valence-corrected chi connectivity index (χ1v) is 7.74. The van der Waals surface area contributed by atoms with Gasteiger partial charge in [-0.25, -0.2) is 9.97 Å². The zero-order valence-electron chi connectivity index (χ0n) is 11.3. The van der Waals surface area contributed by atoms with Crippen LogP contribution in [-0.4, -0.2) is 9.97 Å². The third-order valence-corrected chi connectivity index (χ3v) is 3.92. The summed E-state index contributed by atoms with van der Waals surface area (Å²) in [5.74, 6) is 0.835. The third kappa shape index (κ3) is 3.78. The predicted molar refractivity (Wildman–Crippen MR) is 93.7 cm³/mol. The van der Waals surface area contributed by atoms with Crippen LogP contribution in [0.4, 0.5) is 11.5 Å². The Hall–Kier alpha value is -1.95. The molecule has 1 aromatic heterocycles. The summed E-state index contributed by atoms with van der Waals surface area (Å²) in [7, 11) is 0. The lowest BCUT2D eigenvalue weighted by Gasteiger charge is -2.08. The number of hydrogen-bond acceptors (Lipinski definition) is 3. The molecule has 0 saturated carbocycles. The molecule has 4 heteroatoms. The topological polar surface area (TPSA) is 37.8 Å². The number of nitrogens with zero attached hydrogens (tertiary/aromatic N) is 2. The predicted octanol–water partition coefficient (Wildman–Crippen LogP) is 4.42. The first kappa shape index (κ1) is 14.0. The van der Waals surface area contributed by atoms with E-state index in [2.05, 4.69) is 86.4 Å². The number of halogens is 1. The van der Waals surface area contributed by atoms with Crippen LogP contribution in [-0.2, 0) is 6.42 Å². The minimum atomic E-state index is 0.835. The normalized spacial score (nSPS) is 10.3. The van der Waals surface area contributed by atoms with Crippen LogP contribution in [0.15, 0.2) is 67.1 Å². The summed E-state index contributed by atoms with van der Waals surface area (Å²) >= 11 is 2.22. The van der Waals surface area contributed by atoms with Gasteiger partial charge in [-0.2, -0.15) is 0 Å². The SMILES string of the molecule is Ic1cncnc1Nc1ccc(Cc2ccccc2)cc1. The quantitative estimate of drug-likeness (QED) is 0.674. The molecule has 0 aliphatic carbocycles. The van der Waals surface area contributed by atoms with Crippen LogP contribution in [0, 0.1) is 3.57 Å². The summed E-state index contributed by atoms with van der Waals surface area (Å²) in [5, 5.41) is 3.30. The number of rotatable bonds is 4. The molecule has 0 atom stereocenters. The minimum Gasteiger partial charge on any atom is -0.339 e. The minimum absolute atomic E-state index is 0.835. The molecular formula is C17H14IN3. The van der Waals surface area contributed by atoms with E-state index in [1.54, 1.807) is 12.5 Å². The van der Waals surface area contributed by atoms with Crippen LogP contribution in [0.2, 0.25) is 0 Å². The molecule has 21 heavy (non-hydrogen) atoms. The molecule has 0 aliphatic rings. The molecule has 0 unspecified atom stereocenters. The lowest BCUT2D eigenvalue weighted by Crippen LogP contribution is -1.97. The van der Waals surface area contributed by atoms with Crippen LogP contribution in [0.3, 0.4) is 0 Å². The van der Waals surface area contributed by atoms with Gasteiger partial charge in [-0.15, -0.1) is 0 Å². The van der Waals surface area contributed by atoms with Crippen LogP contribution >= 0.6 is 22.6 Å². The van der Waals surface area contributed by atoms with Gasteiger partial charge in [-0.1, -0.05) is 42.5 Å². The molecule has 0 radical (unpaired) electrons. The Kier molecular flexibility index (Phi) is 4.45. The van der Waals surface area contributed by atoms with Gasteiger partial charge < -0.3 is 5.32 Å². The lowest BCUT2D eigenvalue weighted by atomic mass is 10.0. The Morgan fingerprint density at radius 1 is 0.905 bits per heavy atom. The third-order valence-electron chi connectivity index (χ3n) is 3.14. The molecule has 0 fully saturated rings. The Labute approximate surface area is 137 Å². The largest absolute Gasteiger partial charge is 0.339 e. The molecule has 104 valence electrons. The Morgan fingerprint density at radius 2 is 1.62 bits per heavy atom. The Balaban J connectivity index is 1.71. The summed E-state index contributed by atoms with van der Waals surface area (Å²) in [6.45, 7) is 0. The van der Waals surface area contributed by atoms with E-state index in [1.165, 1.54) is 11.1 Å². The highest BCUT2D eigenvalue weighted by Gasteiger charge is 2.02. The van der Waals surface area contributed by atoms with Crippen LogP contribution in [0.5, 0.6) is 0 Å². The lowest BCUT2D eigenvalue weighted by molar-refractivity contribution is 1.15. The highest BCUT2D eigenvalue weighted by Crippen LogP contribution is 2.20. The molecule has 3 nitrogen and oxygen atoms in total. The highest BCUT2D eigenvalue weighted by molar-refractivity contribution is 14.1. The molecule has 3 aromatic rings. The van der Waals surface area contributed by atoms with Crippen molar-refractivity contribution in [3.05, 3.63) is 81.8 Å². The van der Waals surface area contributed by atoms with Gasteiger partial charge in [-0.05, 0) is 52.3 Å². The monoisotopic (exact) mass is 387 g/mol. The number of benzene rings is 2. The number of anilines is 2. The fraction of sp³-hybridized carbons (Fsp3) is 0.0588. The maximum absolute atomic E-state index is 4.23. The zero-order valence-corrected chi connectivity index (χ0v) is 13.5. The molecule has 1 heterocycles. The second-order valence-corrected chi connectivity index (χ2v) is 5.87. The average molecular weight is 387 g/mol. The summed E-state index contributed by atoms with van der Waals surface area (Å²) in [4.78, 5) is 8.22. The number of nitrogens with one attached hydrogen (secondary N) is 1. The van der Waals surface area contributed by atoms with E-state index < -0.39 is 0 Å². The second kappa shape index (κ2) is 6.67. The van der Waals surface area contributed by atoms with Gasteiger partial charge in [0.05, 0.1) is 3.57 Å². The molecule has 0 bridgehead atoms. The fourth-order valence-corrected chi connectivity index (χ4v) is 2.51. The molecule has 0 amide bonds. The molecule has 0 spiro atoms. The summed E-state index contributed by atoms with van der Waals surface area (Å²) in [5.41, 5.74) is 3.65. The number of aromatic nitrogens is 2. The molecule has 0 saturated heterocycles. The smallest absolute Gasteiger partial charge is 0.147 e. The molecule has 0 aliphatic heterocycles. The maximum Gasteiger partial charge on any atom is 0.147 e. The van der Waals surface area contributed by atoms with E-state index in [-0.39, 0.29) is 0 Å². The molecule has 3 rings (SSSR count). The van der Waals surface area contributed by atoms with Crippen molar-refractivity contribution in [2.24, 2.45) is 0 Å². The van der Waals surface area contributed by atoms with Crippen molar-refractivity contribution in [2.45, 2.75) is 6.42 Å². The molecule has 2 aromatic carbocycles. The van der Waals surface area contributed by atoms with E-state index in [0.717, 1.165) is 21.5 Å². The number of hydrogen-bond donors (Lipinski definition) is 1. The highest BCUT2D eigenvalue weighted by atomic mass is 127. The first-order chi connectivity index (χ1) is 10.3. The van der Waals surface area contributed by atoms with Gasteiger partial charge >= 0.3 is 0 Å². The Bertz CT molecular complexity index is 712. The van der Waals surface area contributed by atoms with Gasteiger partial charge in [0.25, 0.3) is 0 Å². The standard InChI is InChI=1S/C17H14IN3/c18-16-11-19-12-20-17(16)21-15-8-6-14(7-9-15)10-13-4-2-1-3-5-13/h1-9,11-12H,10H2,(H,19,20,21). The van der Waals surface area contributed by atoms with Crippen LogP contribution in [0.1, 0.15) is 11.1 Å². The van der Waals surface area contributed by atoms with E-state index in [1.807, 2.05) is 6.07 Å². The first-order valence-electron chi connectivity index (χ1n) is 6.67. The van der Waals surface area contributed by atoms with Crippen LogP contribution < -0.4 is 5.32 Å². The van der Waals surface area contributed by atoms with E-state index in [0.29, 0.717) is 0 Å². The average Bonchev–Trinajstić information content (AvgIpc) is 2.52. The maximum atomic E-state index is 4.23. The van der Waals surface area contributed by atoms with Gasteiger partial charge in [0.15, 0.2) is 0 Å². The summed E-state index contributed by atoms with van der Waals surface area (Å²) in [6, 6.07) is 18.9. The molecular weight excluding hydrogens is 373 g/mol. The van der Waals surface area contributed by atoms with E-state index in [4.69, 9.17) is 0 Å². The van der Waals surface area contributed by atoms with Gasteiger partial charge in [0, 0.05) is 11.9 Å². The van der Waals surface area contributed by atoms with Gasteiger partial charge in [0.1, 0.15) is 12.1 Å². The van der Waals surface area contributed by atoms with Crippen molar-refractivity contribution in [1.29, 1.82) is 0 Å². The second-order valence-electron chi connectivity index (χ2n) is 4.70. The summed E-state index contributed by atoms with van der Waals surface area (Å²) < 4.78 is 1.00. The van der Waals surface area contributed by atoms with E-state index in [9.17, 15) is 0 Å². The van der Waals surface area contributed by atoms with Crippen molar-refractivity contribution in [2.75, 3.05) is 5.32 Å². The van der Waals surface area contributed by atoms with E-state index >= 15 is 0 Å². The van der Waals surface area contributed by atoms with Crippen molar-refractivity contribution >= 4 is 34.1 Å². The summed E-state index contributed by atoms with van der Waals surface area (Å²) in [6.07, 6.45) is 4.29. The van der Waals surface area contributed by atoms with Crippen molar-refractivity contribution < 1.29 is 0 Å². The van der Waals surface area contributed by atoms with Crippen molar-refractivity contribution in [3.63, 3.8) is 0 Å².